The molecule has 2 N–H and O–H groups in total. The molecule has 2 atom stereocenters. The van der Waals surface area contributed by atoms with E-state index in [2.05, 4.69) is 20.0 Å². The van der Waals surface area contributed by atoms with E-state index >= 15 is 0 Å². The lowest BCUT2D eigenvalue weighted by molar-refractivity contribution is 0.543. The second-order valence-corrected chi connectivity index (χ2v) is 6.55. The quantitative estimate of drug-likeness (QED) is 0.799. The van der Waals surface area contributed by atoms with E-state index in [0.717, 1.165) is 19.4 Å². The van der Waals surface area contributed by atoms with Crippen molar-refractivity contribution in [1.29, 1.82) is 0 Å². The second-order valence-electron chi connectivity index (χ2n) is 4.46. The van der Waals surface area contributed by atoms with Gasteiger partial charge in [-0.2, -0.15) is 0 Å². The van der Waals surface area contributed by atoms with Gasteiger partial charge in [0, 0.05) is 31.2 Å². The molecule has 1 aliphatic rings. The maximum atomic E-state index is 12.1. The van der Waals surface area contributed by atoms with Gasteiger partial charge in [0.15, 0.2) is 0 Å². The topological polar surface area (TPSA) is 84.0 Å². The van der Waals surface area contributed by atoms with Gasteiger partial charge in [-0.3, -0.25) is 9.97 Å². The van der Waals surface area contributed by atoms with E-state index in [1.807, 2.05) is 0 Å². The second kappa shape index (κ2) is 5.73. The minimum atomic E-state index is -3.39. The average Bonchev–Trinajstić information content (AvgIpc) is 2.90. The average molecular weight is 270 g/mol. The van der Waals surface area contributed by atoms with Crippen molar-refractivity contribution in [2.24, 2.45) is 0 Å². The monoisotopic (exact) mass is 270 g/mol. The number of hydrogen-bond acceptors (Lipinski definition) is 5. The van der Waals surface area contributed by atoms with Crippen LogP contribution < -0.4 is 10.0 Å². The van der Waals surface area contributed by atoms with Crippen molar-refractivity contribution in [1.82, 2.24) is 20.0 Å². The molecule has 18 heavy (non-hydrogen) atoms. The van der Waals surface area contributed by atoms with Gasteiger partial charge in [-0.15, -0.1) is 0 Å². The van der Waals surface area contributed by atoms with Gasteiger partial charge in [0.05, 0.1) is 5.69 Å². The largest absolute Gasteiger partial charge is 0.313 e. The van der Waals surface area contributed by atoms with Gasteiger partial charge < -0.3 is 5.32 Å². The standard InChI is InChI=1S/C11H18N4O2S/c1-9(11-8-12-5-6-14-11)18(16,17)15-7-10-3-2-4-13-10/h5-6,8-10,13,15H,2-4,7H2,1H3. The molecule has 100 valence electrons. The van der Waals surface area contributed by atoms with Gasteiger partial charge in [0.2, 0.25) is 10.0 Å². The fourth-order valence-electron chi connectivity index (χ4n) is 1.95. The SMILES string of the molecule is CC(c1cnccn1)S(=O)(=O)NCC1CCCN1. The van der Waals surface area contributed by atoms with Crippen molar-refractivity contribution in [2.75, 3.05) is 13.1 Å². The molecule has 2 unspecified atom stereocenters. The van der Waals surface area contributed by atoms with E-state index in [0.29, 0.717) is 12.2 Å². The normalized spacial score (nSPS) is 21.9. The first-order valence-corrected chi connectivity index (χ1v) is 7.62. The third kappa shape index (κ3) is 3.24. The molecule has 1 aliphatic heterocycles. The summed E-state index contributed by atoms with van der Waals surface area (Å²) in [5.74, 6) is 0. The van der Waals surface area contributed by atoms with E-state index in [1.54, 1.807) is 6.92 Å². The van der Waals surface area contributed by atoms with E-state index in [-0.39, 0.29) is 6.04 Å². The van der Waals surface area contributed by atoms with Gasteiger partial charge in [-0.25, -0.2) is 13.1 Å². The summed E-state index contributed by atoms with van der Waals surface area (Å²) in [5.41, 5.74) is 0.462. The number of aromatic nitrogens is 2. The zero-order valence-electron chi connectivity index (χ0n) is 10.3. The zero-order chi connectivity index (χ0) is 13.0. The number of nitrogens with zero attached hydrogens (tertiary/aromatic N) is 2. The first kappa shape index (κ1) is 13.4. The Morgan fingerprint density at radius 2 is 2.39 bits per heavy atom. The predicted octanol–water partition coefficient (Wildman–Crippen LogP) is 0.209. The Hall–Kier alpha value is -1.05. The van der Waals surface area contributed by atoms with Gasteiger partial charge >= 0.3 is 0 Å². The molecule has 1 saturated heterocycles. The minimum Gasteiger partial charge on any atom is -0.313 e. The highest BCUT2D eigenvalue weighted by Crippen LogP contribution is 2.17. The van der Waals surface area contributed by atoms with Gasteiger partial charge in [0.25, 0.3) is 0 Å². The van der Waals surface area contributed by atoms with Gasteiger partial charge in [0.1, 0.15) is 5.25 Å². The molecule has 1 aromatic heterocycles. The molecular formula is C11H18N4O2S. The summed E-state index contributed by atoms with van der Waals surface area (Å²) in [7, 11) is -3.39. The Kier molecular flexibility index (Phi) is 4.26. The van der Waals surface area contributed by atoms with E-state index in [9.17, 15) is 8.42 Å². The summed E-state index contributed by atoms with van der Waals surface area (Å²) < 4.78 is 26.8. The fraction of sp³-hybridized carbons (Fsp3) is 0.636. The molecule has 2 heterocycles. The van der Waals surface area contributed by atoms with E-state index in [4.69, 9.17) is 0 Å². The van der Waals surface area contributed by atoms with Crippen LogP contribution in [0, 0.1) is 0 Å². The van der Waals surface area contributed by atoms with Crippen molar-refractivity contribution in [3.63, 3.8) is 0 Å². The number of rotatable bonds is 5. The van der Waals surface area contributed by atoms with Crippen molar-refractivity contribution in [3.8, 4) is 0 Å². The lowest BCUT2D eigenvalue weighted by Crippen LogP contribution is -2.38. The van der Waals surface area contributed by atoms with Crippen LogP contribution in [0.25, 0.3) is 0 Å². The van der Waals surface area contributed by atoms with Gasteiger partial charge in [-0.05, 0) is 26.3 Å². The molecule has 1 fully saturated rings. The van der Waals surface area contributed by atoms with Crippen LogP contribution in [0.3, 0.4) is 0 Å². The summed E-state index contributed by atoms with van der Waals surface area (Å²) >= 11 is 0. The molecule has 0 radical (unpaired) electrons. The lowest BCUT2D eigenvalue weighted by atomic mass is 10.2. The van der Waals surface area contributed by atoms with Crippen molar-refractivity contribution >= 4 is 10.0 Å². The minimum absolute atomic E-state index is 0.244. The maximum absolute atomic E-state index is 12.1. The van der Waals surface area contributed by atoms with Crippen LogP contribution in [0.4, 0.5) is 0 Å². The molecule has 0 bridgehead atoms. The molecule has 7 heteroatoms. The van der Waals surface area contributed by atoms with Crippen LogP contribution in [0.5, 0.6) is 0 Å². The Bertz CT molecular complexity index is 471. The first-order valence-electron chi connectivity index (χ1n) is 6.07. The van der Waals surface area contributed by atoms with Crippen molar-refractivity contribution in [2.45, 2.75) is 31.1 Å². The Morgan fingerprint density at radius 3 is 3.00 bits per heavy atom. The van der Waals surface area contributed by atoms with Crippen LogP contribution in [0.1, 0.15) is 30.7 Å². The molecule has 0 aliphatic carbocycles. The molecule has 0 spiro atoms. The lowest BCUT2D eigenvalue weighted by Gasteiger charge is -2.16. The number of nitrogens with one attached hydrogen (secondary N) is 2. The van der Waals surface area contributed by atoms with Crippen LogP contribution in [-0.4, -0.2) is 37.5 Å². The summed E-state index contributed by atoms with van der Waals surface area (Å²) in [4.78, 5) is 7.92. The predicted molar refractivity (Wildman–Crippen MR) is 68.4 cm³/mol. The van der Waals surface area contributed by atoms with Crippen molar-refractivity contribution in [3.05, 3.63) is 24.3 Å². The van der Waals surface area contributed by atoms with E-state index < -0.39 is 15.3 Å². The van der Waals surface area contributed by atoms with Crippen LogP contribution in [0.2, 0.25) is 0 Å². The number of hydrogen-bond donors (Lipinski definition) is 2. The third-order valence-corrected chi connectivity index (χ3v) is 4.90. The van der Waals surface area contributed by atoms with Crippen molar-refractivity contribution < 1.29 is 8.42 Å². The molecule has 6 nitrogen and oxygen atoms in total. The summed E-state index contributed by atoms with van der Waals surface area (Å²) in [6.45, 7) is 3.02. The van der Waals surface area contributed by atoms with Crippen LogP contribution in [-0.2, 0) is 10.0 Å². The molecule has 1 aromatic rings. The highest BCUT2D eigenvalue weighted by molar-refractivity contribution is 7.89. The first-order chi connectivity index (χ1) is 8.59. The third-order valence-electron chi connectivity index (χ3n) is 3.16. The Labute approximate surface area is 107 Å². The Morgan fingerprint density at radius 1 is 1.56 bits per heavy atom. The molecule has 2 rings (SSSR count). The molecule has 0 saturated carbocycles. The van der Waals surface area contributed by atoms with Crippen LogP contribution >= 0.6 is 0 Å². The summed E-state index contributed by atoms with van der Waals surface area (Å²) in [6.07, 6.45) is 6.63. The maximum Gasteiger partial charge on any atom is 0.220 e. The van der Waals surface area contributed by atoms with E-state index in [1.165, 1.54) is 18.6 Å². The molecular weight excluding hydrogens is 252 g/mol. The highest BCUT2D eigenvalue weighted by Gasteiger charge is 2.25. The van der Waals surface area contributed by atoms with Crippen LogP contribution in [0.15, 0.2) is 18.6 Å². The van der Waals surface area contributed by atoms with Gasteiger partial charge in [-0.1, -0.05) is 0 Å². The Balaban J connectivity index is 1.97. The summed E-state index contributed by atoms with van der Waals surface area (Å²) in [6, 6.07) is 0.244. The fourth-order valence-corrected chi connectivity index (χ4v) is 3.08. The number of sulfonamides is 1. The molecule has 0 aromatic carbocycles. The smallest absolute Gasteiger partial charge is 0.220 e. The highest BCUT2D eigenvalue weighted by atomic mass is 32.2. The molecule has 0 amide bonds. The summed E-state index contributed by atoms with van der Waals surface area (Å²) in [5, 5.41) is 2.57. The zero-order valence-corrected chi connectivity index (χ0v) is 11.2.